The van der Waals surface area contributed by atoms with Crippen LogP contribution in [-0.2, 0) is 54.4 Å². The molecule has 0 fully saturated rings. The molecule has 26 heteroatoms. The molecule has 4 unspecified atom stereocenters. The molecule has 1 aromatic carbocycles. The number of rotatable bonds is 34. The Morgan fingerprint density at radius 1 is 0.677 bits per heavy atom. The van der Waals surface area contributed by atoms with Gasteiger partial charge in [0, 0.05) is 13.0 Å². The van der Waals surface area contributed by atoms with Crippen molar-refractivity contribution in [1.29, 1.82) is 0 Å². The number of likely N-dealkylation sites (N-methyl/N-ethyl adjacent to an activating group) is 1. The third-order valence-electron chi connectivity index (χ3n) is 9.56. The number of Topliss-reactive ketones (excluding diaryl/α,β-unsaturated/α-hetero) is 1. The van der Waals surface area contributed by atoms with E-state index < -0.39 is 141 Å². The van der Waals surface area contributed by atoms with E-state index in [1.165, 1.54) is 0 Å². The molecule has 0 heterocycles. The molecule has 0 saturated heterocycles. The Labute approximate surface area is 374 Å². The zero-order valence-electron chi connectivity index (χ0n) is 36.1. The monoisotopic (exact) mass is 925 g/mol. The number of hydrazine groups is 1. The third-order valence-corrected chi connectivity index (χ3v) is 9.56. The van der Waals surface area contributed by atoms with Crippen molar-refractivity contribution in [2.24, 2.45) is 11.5 Å². The third kappa shape index (κ3) is 21.5. The fraction of sp³-hybridized carbons (Fsp3) is 0.590. The lowest BCUT2D eigenvalue weighted by molar-refractivity contribution is -0.139. The standard InChI is InChI=1S/C39H63N11O15/c1-21(55)33(39(65)46-26(15-31(41)57)35(61)44-23(17-51)18-52)49-38(64)29(20-54)47-34(60)25(11-12-32(58)59)45-37(63)28(19-53)48-36(62)27(14-22-8-4-3-5-9-22)50-43-13-7-6-10-24(42-2)30(56)16-40/h3-5,8-9,17,21,23-29,33,42-43,50,52-55H,6-7,10-16,18-20,40H2,1-2H3,(H2,41,57)(H,44,61)(H,45,63)(H,46,65)(H,47,60)(H,48,62)(H,49,64)(H,58,59)/t21-,23?,24?,25?,26+,27?,28+,29+,33+/m1/s1. The van der Waals surface area contributed by atoms with Crippen LogP contribution in [0.25, 0.3) is 0 Å². The minimum Gasteiger partial charge on any atom is -0.481 e. The SMILES string of the molecule is CNC(CCCCNNC(Cc1ccccc1)C(=O)N[C@@H](CO)C(=O)NC(CCC(=O)O)C(=O)N[C@@H](CO)C(=O)N[C@H](C(=O)N[C@@H](CC(N)=O)C(=O)NC(C=O)CO)[C@@H](C)O)C(=O)CN. The highest BCUT2D eigenvalue weighted by atomic mass is 16.4. The fourth-order valence-corrected chi connectivity index (χ4v) is 5.90. The lowest BCUT2D eigenvalue weighted by atomic mass is 10.0. The first-order valence-corrected chi connectivity index (χ1v) is 20.6. The Bertz CT molecular complexity index is 1740. The molecule has 364 valence electrons. The second-order valence-electron chi connectivity index (χ2n) is 14.7. The van der Waals surface area contributed by atoms with Crippen molar-refractivity contribution in [2.75, 3.05) is 40.0 Å². The van der Waals surface area contributed by atoms with Crippen molar-refractivity contribution in [3.8, 4) is 0 Å². The van der Waals surface area contributed by atoms with Gasteiger partial charge in [-0.25, -0.2) is 5.43 Å². The number of carbonyl (C=O) groups excluding carboxylic acids is 9. The van der Waals surface area contributed by atoms with E-state index in [0.717, 1.165) is 12.5 Å². The molecule has 0 aliphatic heterocycles. The minimum absolute atomic E-state index is 0.0985. The average molecular weight is 926 g/mol. The first-order chi connectivity index (χ1) is 30.8. The first kappa shape index (κ1) is 57.0. The van der Waals surface area contributed by atoms with Crippen molar-refractivity contribution in [2.45, 2.75) is 106 Å². The highest BCUT2D eigenvalue weighted by molar-refractivity contribution is 5.98. The maximum atomic E-state index is 13.6. The van der Waals surface area contributed by atoms with Gasteiger partial charge in [-0.1, -0.05) is 36.8 Å². The average Bonchev–Trinajstić information content (AvgIpc) is 3.27. The van der Waals surface area contributed by atoms with Crippen LogP contribution in [0.1, 0.15) is 51.0 Å². The van der Waals surface area contributed by atoms with E-state index in [4.69, 9.17) is 11.5 Å². The van der Waals surface area contributed by atoms with E-state index in [2.05, 4.69) is 48.1 Å². The molecule has 26 nitrogen and oxygen atoms in total. The number of aliphatic hydroxyl groups excluding tert-OH is 4. The Morgan fingerprint density at radius 3 is 1.72 bits per heavy atom. The smallest absolute Gasteiger partial charge is 0.303 e. The molecule has 0 spiro atoms. The fourth-order valence-electron chi connectivity index (χ4n) is 5.90. The number of nitrogens with two attached hydrogens (primary N) is 2. The van der Waals surface area contributed by atoms with Crippen molar-refractivity contribution < 1.29 is 73.5 Å². The summed E-state index contributed by atoms with van der Waals surface area (Å²) in [4.78, 5) is 126. The summed E-state index contributed by atoms with van der Waals surface area (Å²) >= 11 is 0. The Hall–Kier alpha value is -6.00. The molecular formula is C39H63N11O15. The summed E-state index contributed by atoms with van der Waals surface area (Å²) in [7, 11) is 1.65. The molecule has 0 aromatic heterocycles. The second-order valence-corrected chi connectivity index (χ2v) is 14.7. The number of aldehydes is 1. The molecular weight excluding hydrogens is 862 g/mol. The molecule has 18 N–H and O–H groups in total. The van der Waals surface area contributed by atoms with Crippen LogP contribution in [0.4, 0.5) is 0 Å². The molecule has 65 heavy (non-hydrogen) atoms. The number of unbranched alkanes of at least 4 members (excludes halogenated alkanes) is 1. The number of ketones is 1. The lowest BCUT2D eigenvalue weighted by Crippen LogP contribution is -2.62. The normalized spacial score (nSPS) is 15.2. The van der Waals surface area contributed by atoms with Crippen LogP contribution in [0, 0.1) is 0 Å². The lowest BCUT2D eigenvalue weighted by Gasteiger charge is -2.27. The van der Waals surface area contributed by atoms with Crippen molar-refractivity contribution in [1.82, 2.24) is 48.1 Å². The summed E-state index contributed by atoms with van der Waals surface area (Å²) in [6.07, 6.45) is -1.83. The van der Waals surface area contributed by atoms with Crippen molar-refractivity contribution in [3.63, 3.8) is 0 Å². The molecule has 0 saturated carbocycles. The zero-order chi connectivity index (χ0) is 49.1. The van der Waals surface area contributed by atoms with E-state index in [-0.39, 0.29) is 25.0 Å². The number of carboxylic acids is 1. The maximum absolute atomic E-state index is 13.6. The van der Waals surface area contributed by atoms with E-state index >= 15 is 0 Å². The Kier molecular flexibility index (Phi) is 27.2. The predicted octanol–water partition coefficient (Wildman–Crippen LogP) is -7.82. The molecule has 9 atom stereocenters. The first-order valence-electron chi connectivity index (χ1n) is 20.6. The summed E-state index contributed by atoms with van der Waals surface area (Å²) in [5.74, 6) is -9.49. The number of hydrogen-bond donors (Lipinski definition) is 16. The predicted molar refractivity (Wildman–Crippen MR) is 227 cm³/mol. The summed E-state index contributed by atoms with van der Waals surface area (Å²) < 4.78 is 0. The number of aliphatic carboxylic acids is 1. The Morgan fingerprint density at radius 2 is 1.22 bits per heavy atom. The summed E-state index contributed by atoms with van der Waals surface area (Å²) in [5.41, 5.74) is 17.2. The highest BCUT2D eigenvalue weighted by Gasteiger charge is 2.35. The van der Waals surface area contributed by atoms with E-state index in [1.807, 2.05) is 0 Å². The topological polar surface area (TPSA) is 432 Å². The van der Waals surface area contributed by atoms with Gasteiger partial charge in [-0.15, -0.1) is 0 Å². The molecule has 0 bridgehead atoms. The molecule has 0 aliphatic carbocycles. The molecule has 1 rings (SSSR count). The van der Waals surface area contributed by atoms with Gasteiger partial charge in [-0.05, 0) is 45.2 Å². The summed E-state index contributed by atoms with van der Waals surface area (Å²) in [6.45, 7) is -1.68. The van der Waals surface area contributed by atoms with Crippen LogP contribution in [0.2, 0.25) is 0 Å². The van der Waals surface area contributed by atoms with Gasteiger partial charge in [0.2, 0.25) is 41.4 Å². The molecule has 1 aromatic rings. The minimum atomic E-state index is -1.92. The van der Waals surface area contributed by atoms with Gasteiger partial charge in [-0.3, -0.25) is 48.6 Å². The van der Waals surface area contributed by atoms with Gasteiger partial charge in [0.25, 0.3) is 0 Å². The number of primary amides is 1. The van der Waals surface area contributed by atoms with Crippen LogP contribution in [-0.4, -0.2) is 179 Å². The number of hydrogen-bond acceptors (Lipinski definition) is 18. The van der Waals surface area contributed by atoms with E-state index in [9.17, 15) is 73.5 Å². The van der Waals surface area contributed by atoms with E-state index in [0.29, 0.717) is 25.8 Å². The zero-order valence-corrected chi connectivity index (χ0v) is 36.1. The number of carboxylic acid groups (broad SMARTS) is 1. The molecule has 7 amide bonds. The largest absolute Gasteiger partial charge is 0.481 e. The van der Waals surface area contributed by atoms with Gasteiger partial charge in [0.1, 0.15) is 48.6 Å². The van der Waals surface area contributed by atoms with Gasteiger partial charge in [-0.2, -0.15) is 0 Å². The van der Waals surface area contributed by atoms with Crippen LogP contribution in [0.3, 0.4) is 0 Å². The highest BCUT2D eigenvalue weighted by Crippen LogP contribution is 2.07. The molecule has 0 radical (unpaired) electrons. The van der Waals surface area contributed by atoms with E-state index in [1.54, 1.807) is 37.4 Å². The summed E-state index contributed by atoms with van der Waals surface area (Å²) in [6, 6.07) is -3.13. The number of carbonyl (C=O) groups is 10. The number of aliphatic hydroxyl groups is 4. The van der Waals surface area contributed by atoms with Crippen LogP contribution in [0.5, 0.6) is 0 Å². The van der Waals surface area contributed by atoms with Crippen LogP contribution < -0.4 is 59.5 Å². The van der Waals surface area contributed by atoms with Crippen molar-refractivity contribution >= 4 is 59.4 Å². The number of amides is 7. The second kappa shape index (κ2) is 31.0. The van der Waals surface area contributed by atoms with Gasteiger partial charge in [0.15, 0.2) is 5.78 Å². The van der Waals surface area contributed by atoms with Crippen LogP contribution in [0.15, 0.2) is 30.3 Å². The maximum Gasteiger partial charge on any atom is 0.303 e. The van der Waals surface area contributed by atoms with Gasteiger partial charge >= 0.3 is 5.97 Å². The van der Waals surface area contributed by atoms with Gasteiger partial charge in [0.05, 0.1) is 44.9 Å². The quantitative estimate of drug-likeness (QED) is 0.0173. The van der Waals surface area contributed by atoms with Crippen molar-refractivity contribution in [3.05, 3.63) is 35.9 Å². The Balaban J connectivity index is 3.14. The van der Waals surface area contributed by atoms with Crippen LogP contribution >= 0.6 is 0 Å². The number of nitrogens with one attached hydrogen (secondary N) is 9. The van der Waals surface area contributed by atoms with Gasteiger partial charge < -0.3 is 79.0 Å². The molecule has 0 aliphatic rings. The number of benzene rings is 1. The summed E-state index contributed by atoms with van der Waals surface area (Å²) in [5, 5.41) is 64.9.